The zero-order chi connectivity index (χ0) is 20.6. The van der Waals surface area contributed by atoms with E-state index in [1.807, 2.05) is 6.20 Å². The molecular weight excluding hydrogens is 398 g/mol. The molecular formula is C19H26ClN5O4. The molecule has 1 aromatic heterocycles. The maximum atomic E-state index is 12.3. The van der Waals surface area contributed by atoms with Gasteiger partial charge in [0.1, 0.15) is 11.8 Å². The van der Waals surface area contributed by atoms with Crippen LogP contribution in [0.4, 0.5) is 10.5 Å². The molecule has 1 saturated heterocycles. The molecule has 158 valence electrons. The van der Waals surface area contributed by atoms with Gasteiger partial charge in [0, 0.05) is 24.4 Å². The molecule has 2 heterocycles. The molecule has 0 bridgehead atoms. The molecule has 3 rings (SSSR count). The van der Waals surface area contributed by atoms with Gasteiger partial charge in [-0.15, -0.1) is 5.10 Å². The second kappa shape index (κ2) is 10.5. The average Bonchev–Trinajstić information content (AvgIpc) is 3.16. The molecule has 2 amide bonds. The fourth-order valence-electron chi connectivity index (χ4n) is 3.32. The minimum Gasteiger partial charge on any atom is -0.394 e. The van der Waals surface area contributed by atoms with Crippen LogP contribution in [0.1, 0.15) is 25.0 Å². The Labute approximate surface area is 174 Å². The number of carbonyl (C=O) groups excluding carboxylic acids is 1. The Morgan fingerprint density at radius 1 is 1.38 bits per heavy atom. The fourth-order valence-corrected chi connectivity index (χ4v) is 3.44. The van der Waals surface area contributed by atoms with Crippen molar-refractivity contribution in [3.63, 3.8) is 0 Å². The second-order valence-corrected chi connectivity index (χ2v) is 7.40. The van der Waals surface area contributed by atoms with Crippen LogP contribution in [0.2, 0.25) is 5.02 Å². The first-order chi connectivity index (χ1) is 14.1. The predicted molar refractivity (Wildman–Crippen MR) is 108 cm³/mol. The quantitative estimate of drug-likeness (QED) is 0.600. The largest absolute Gasteiger partial charge is 0.394 e. The van der Waals surface area contributed by atoms with Crippen LogP contribution in [-0.2, 0) is 22.6 Å². The number of nitrogens with zero attached hydrogens (tertiary/aromatic N) is 3. The van der Waals surface area contributed by atoms with Gasteiger partial charge in [-0.3, -0.25) is 4.68 Å². The van der Waals surface area contributed by atoms with E-state index in [1.54, 1.807) is 36.1 Å². The lowest BCUT2D eigenvalue weighted by Crippen LogP contribution is -2.52. The van der Waals surface area contributed by atoms with Crippen molar-refractivity contribution < 1.29 is 19.4 Å². The van der Waals surface area contributed by atoms with Crippen LogP contribution in [0, 0.1) is 0 Å². The molecule has 10 heteroatoms. The van der Waals surface area contributed by atoms with Crippen molar-refractivity contribution in [1.29, 1.82) is 0 Å². The van der Waals surface area contributed by atoms with E-state index in [0.717, 1.165) is 25.0 Å². The van der Waals surface area contributed by atoms with Gasteiger partial charge in [0.15, 0.2) is 0 Å². The number of anilines is 1. The number of hydrogen-bond acceptors (Lipinski definition) is 6. The van der Waals surface area contributed by atoms with Crippen molar-refractivity contribution in [3.05, 3.63) is 41.2 Å². The lowest BCUT2D eigenvalue weighted by atomic mass is 9.97. The number of ether oxygens (including phenoxy) is 2. The van der Waals surface area contributed by atoms with Crippen molar-refractivity contribution in [2.75, 3.05) is 19.0 Å². The van der Waals surface area contributed by atoms with Gasteiger partial charge < -0.3 is 25.2 Å². The number of methoxy groups -OCH3 is 1. The summed E-state index contributed by atoms with van der Waals surface area (Å²) in [5.41, 5.74) is 1.42. The van der Waals surface area contributed by atoms with Gasteiger partial charge in [-0.2, -0.15) is 0 Å². The summed E-state index contributed by atoms with van der Waals surface area (Å²) in [6, 6.07) is 6.25. The van der Waals surface area contributed by atoms with Crippen molar-refractivity contribution in [3.8, 4) is 0 Å². The molecule has 0 aliphatic carbocycles. The molecule has 29 heavy (non-hydrogen) atoms. The van der Waals surface area contributed by atoms with Crippen LogP contribution < -0.4 is 10.6 Å². The van der Waals surface area contributed by atoms with E-state index in [9.17, 15) is 9.90 Å². The summed E-state index contributed by atoms with van der Waals surface area (Å²) in [6.45, 7) is 0.927. The van der Waals surface area contributed by atoms with Crippen LogP contribution >= 0.6 is 11.6 Å². The Bertz CT molecular complexity index is 785. The van der Waals surface area contributed by atoms with Gasteiger partial charge in [-0.25, -0.2) is 4.79 Å². The number of aryl methyl sites for hydroxylation is 1. The number of urea groups is 1. The van der Waals surface area contributed by atoms with Gasteiger partial charge in [0.25, 0.3) is 0 Å². The average molecular weight is 424 g/mol. The topological polar surface area (TPSA) is 111 Å². The highest BCUT2D eigenvalue weighted by molar-refractivity contribution is 6.30. The van der Waals surface area contributed by atoms with Gasteiger partial charge in [0.2, 0.25) is 0 Å². The smallest absolute Gasteiger partial charge is 0.319 e. The summed E-state index contributed by atoms with van der Waals surface area (Å²) in [4.78, 5) is 12.3. The van der Waals surface area contributed by atoms with E-state index in [4.69, 9.17) is 21.1 Å². The number of nitrogens with one attached hydrogen (secondary N) is 2. The number of carbonyl (C=O) groups is 1. The lowest BCUT2D eigenvalue weighted by Gasteiger charge is -2.36. The van der Waals surface area contributed by atoms with Crippen molar-refractivity contribution >= 4 is 23.3 Å². The summed E-state index contributed by atoms with van der Waals surface area (Å²) >= 11 is 5.85. The summed E-state index contributed by atoms with van der Waals surface area (Å²) in [6.07, 6.45) is 3.62. The van der Waals surface area contributed by atoms with E-state index in [1.165, 1.54) is 0 Å². The van der Waals surface area contributed by atoms with E-state index in [0.29, 0.717) is 23.9 Å². The standard InChI is InChI=1S/C19H26ClN5O4/c1-28-12-15-10-25(24-23-15)9-8-16-6-7-17(18(11-26)29-16)22-19(27)21-14-4-2-13(20)3-5-14/h2-5,10,16-18,26H,6-9,11-12H2,1H3,(H2,21,22,27)/t16-,17+,18+/m0/s1. The fraction of sp³-hybridized carbons (Fsp3) is 0.526. The molecule has 1 aliphatic heterocycles. The first-order valence-corrected chi connectivity index (χ1v) is 9.92. The Morgan fingerprint density at radius 2 is 2.17 bits per heavy atom. The second-order valence-electron chi connectivity index (χ2n) is 6.96. The first-order valence-electron chi connectivity index (χ1n) is 9.54. The molecule has 0 unspecified atom stereocenters. The maximum absolute atomic E-state index is 12.3. The van der Waals surface area contributed by atoms with Crippen molar-refractivity contribution in [1.82, 2.24) is 20.3 Å². The highest BCUT2D eigenvalue weighted by Crippen LogP contribution is 2.22. The molecule has 3 atom stereocenters. The summed E-state index contributed by atoms with van der Waals surface area (Å²) in [7, 11) is 1.62. The first kappa shape index (κ1) is 21.5. The molecule has 0 radical (unpaired) electrons. The molecule has 0 saturated carbocycles. The number of aromatic nitrogens is 3. The van der Waals surface area contributed by atoms with E-state index in [2.05, 4.69) is 20.9 Å². The molecule has 9 nitrogen and oxygen atoms in total. The van der Waals surface area contributed by atoms with Crippen LogP contribution in [0.25, 0.3) is 0 Å². The number of aliphatic hydroxyl groups is 1. The van der Waals surface area contributed by atoms with Crippen LogP contribution in [0.15, 0.2) is 30.5 Å². The highest BCUT2D eigenvalue weighted by Gasteiger charge is 2.31. The molecule has 1 aromatic carbocycles. The van der Waals surface area contributed by atoms with Crippen molar-refractivity contribution in [2.45, 2.75) is 50.7 Å². The van der Waals surface area contributed by atoms with Crippen LogP contribution in [-0.4, -0.2) is 58.1 Å². The van der Waals surface area contributed by atoms with Gasteiger partial charge >= 0.3 is 6.03 Å². The molecule has 1 aliphatic rings. The normalized spacial score (nSPS) is 21.7. The molecule has 3 N–H and O–H groups in total. The highest BCUT2D eigenvalue weighted by atomic mass is 35.5. The molecule has 0 spiro atoms. The third-order valence-electron chi connectivity index (χ3n) is 4.77. The zero-order valence-corrected chi connectivity index (χ0v) is 17.0. The summed E-state index contributed by atoms with van der Waals surface area (Å²) in [5.74, 6) is 0. The van der Waals surface area contributed by atoms with Crippen LogP contribution in [0.5, 0.6) is 0 Å². The minimum atomic E-state index is -0.454. The van der Waals surface area contributed by atoms with Gasteiger partial charge in [-0.05, 0) is 43.5 Å². The zero-order valence-electron chi connectivity index (χ0n) is 16.3. The van der Waals surface area contributed by atoms with Crippen molar-refractivity contribution in [2.24, 2.45) is 0 Å². The van der Waals surface area contributed by atoms with E-state index < -0.39 is 6.10 Å². The number of hydrogen-bond donors (Lipinski definition) is 3. The number of aliphatic hydroxyl groups excluding tert-OH is 1. The number of benzene rings is 1. The Kier molecular flexibility index (Phi) is 7.82. The Hall–Kier alpha value is -2.20. The van der Waals surface area contributed by atoms with Gasteiger partial charge in [-0.1, -0.05) is 16.8 Å². The maximum Gasteiger partial charge on any atom is 0.319 e. The predicted octanol–water partition coefficient (Wildman–Crippen LogP) is 2.20. The third-order valence-corrected chi connectivity index (χ3v) is 5.02. The molecule has 1 fully saturated rings. The monoisotopic (exact) mass is 423 g/mol. The van der Waals surface area contributed by atoms with E-state index in [-0.39, 0.29) is 24.8 Å². The van der Waals surface area contributed by atoms with E-state index >= 15 is 0 Å². The SMILES string of the molecule is COCc1cn(CC[C@@H]2CC[C@@H](NC(=O)Nc3ccc(Cl)cc3)[C@@H](CO)O2)nn1. The Balaban J connectivity index is 1.45. The van der Waals surface area contributed by atoms with Crippen LogP contribution in [0.3, 0.4) is 0 Å². The molecule has 2 aromatic rings. The van der Waals surface area contributed by atoms with Gasteiger partial charge in [0.05, 0.1) is 31.6 Å². The lowest BCUT2D eigenvalue weighted by molar-refractivity contribution is -0.0905. The Morgan fingerprint density at radius 3 is 2.90 bits per heavy atom. The number of amides is 2. The number of rotatable bonds is 8. The summed E-state index contributed by atoms with van der Waals surface area (Å²) in [5, 5.41) is 24.0. The summed E-state index contributed by atoms with van der Waals surface area (Å²) < 4.78 is 12.8. The number of halogens is 1. The minimum absolute atomic E-state index is 0.0143. The third kappa shape index (κ3) is 6.40.